The topological polar surface area (TPSA) is 12.0 Å². The molecule has 21 heavy (non-hydrogen) atoms. The van der Waals surface area contributed by atoms with E-state index in [9.17, 15) is 0 Å². The number of rotatable bonds is 3. The summed E-state index contributed by atoms with van der Waals surface area (Å²) in [5.41, 5.74) is 7.90. The molecule has 3 aliphatic rings. The van der Waals surface area contributed by atoms with Crippen LogP contribution in [0.15, 0.2) is 59.2 Å². The molecule has 4 rings (SSSR count). The van der Waals surface area contributed by atoms with Crippen molar-refractivity contribution in [3.05, 3.63) is 70.3 Å². The molecule has 108 valence electrons. The largest absolute Gasteiger partial charge is 0.319 e. The highest BCUT2D eigenvalue weighted by Gasteiger charge is 2.44. The van der Waals surface area contributed by atoms with Crippen molar-refractivity contribution in [1.82, 2.24) is 5.32 Å². The minimum absolute atomic E-state index is 0.799. The van der Waals surface area contributed by atoms with Crippen LogP contribution in [0, 0.1) is 5.92 Å². The lowest BCUT2D eigenvalue weighted by Gasteiger charge is -2.17. The second-order valence-electron chi connectivity index (χ2n) is 6.53. The Balaban J connectivity index is 1.65. The van der Waals surface area contributed by atoms with E-state index in [2.05, 4.69) is 47.8 Å². The fraction of sp³-hybridized carbons (Fsp3) is 0.400. The Kier molecular flexibility index (Phi) is 3.31. The molecule has 1 aromatic rings. The van der Waals surface area contributed by atoms with Crippen molar-refractivity contribution in [1.29, 1.82) is 0 Å². The van der Waals surface area contributed by atoms with Gasteiger partial charge in [0.25, 0.3) is 0 Å². The van der Waals surface area contributed by atoms with E-state index in [4.69, 9.17) is 0 Å². The van der Waals surface area contributed by atoms with Crippen LogP contribution in [0.1, 0.15) is 36.3 Å². The first kappa shape index (κ1) is 13.1. The number of hydrogen-bond acceptors (Lipinski definition) is 1. The predicted octanol–water partition coefficient (Wildman–Crippen LogP) is 4.14. The Hall–Kier alpha value is -1.60. The number of hydrogen-bond donors (Lipinski definition) is 1. The van der Waals surface area contributed by atoms with Gasteiger partial charge in [0, 0.05) is 0 Å². The molecule has 0 heterocycles. The summed E-state index contributed by atoms with van der Waals surface area (Å²) in [5.74, 6) is 1.60. The van der Waals surface area contributed by atoms with Crippen molar-refractivity contribution in [2.24, 2.45) is 5.92 Å². The third-order valence-corrected chi connectivity index (χ3v) is 5.11. The molecule has 1 N–H and O–H groups in total. The molecule has 0 radical (unpaired) electrons. The zero-order chi connectivity index (χ0) is 14.2. The summed E-state index contributed by atoms with van der Waals surface area (Å²) in [6.07, 6.45) is 12.1. The van der Waals surface area contributed by atoms with E-state index in [1.165, 1.54) is 12.0 Å². The van der Waals surface area contributed by atoms with Crippen LogP contribution in [0.3, 0.4) is 0 Å². The average Bonchev–Trinajstić information content (AvgIpc) is 3.28. The van der Waals surface area contributed by atoms with Crippen LogP contribution in [0.4, 0.5) is 0 Å². The third kappa shape index (κ3) is 2.40. The molecule has 0 aliphatic heterocycles. The zero-order valence-corrected chi connectivity index (χ0v) is 12.7. The van der Waals surface area contributed by atoms with Gasteiger partial charge in [0.1, 0.15) is 0 Å². The minimum atomic E-state index is 0.799. The average molecular weight is 277 g/mol. The molecule has 2 unspecified atom stereocenters. The second kappa shape index (κ2) is 5.31. The highest BCUT2D eigenvalue weighted by Crippen LogP contribution is 2.57. The van der Waals surface area contributed by atoms with Gasteiger partial charge < -0.3 is 5.32 Å². The Morgan fingerprint density at radius 3 is 3.05 bits per heavy atom. The molecule has 1 aromatic carbocycles. The first-order chi connectivity index (χ1) is 10.4. The van der Waals surface area contributed by atoms with E-state index >= 15 is 0 Å². The van der Waals surface area contributed by atoms with E-state index in [1.807, 2.05) is 7.05 Å². The molecular weight excluding hydrogens is 254 g/mol. The van der Waals surface area contributed by atoms with Gasteiger partial charge in [-0.2, -0.15) is 0 Å². The maximum atomic E-state index is 3.22. The Bertz CT molecular complexity index is 648. The number of benzene rings is 1. The van der Waals surface area contributed by atoms with Gasteiger partial charge in [-0.25, -0.2) is 0 Å². The lowest BCUT2D eigenvalue weighted by molar-refractivity contribution is 0.803. The molecule has 1 nitrogen and oxygen atoms in total. The van der Waals surface area contributed by atoms with Crippen LogP contribution < -0.4 is 5.32 Å². The molecule has 1 heteroatoms. The van der Waals surface area contributed by atoms with Crippen molar-refractivity contribution in [2.45, 2.75) is 31.6 Å². The Labute approximate surface area is 127 Å². The van der Waals surface area contributed by atoms with Gasteiger partial charge >= 0.3 is 0 Å². The standard InChI is InChI=1S/C20H23N/c1-21-10-4-5-14-8-9-18-16(11-14)12-15-6-2-3-7-17(15)19-13-20(18)19/h2-3,5-7,9,11,19-21H,4,8,10,12-13H2,1H3. The van der Waals surface area contributed by atoms with E-state index in [-0.39, 0.29) is 0 Å². The van der Waals surface area contributed by atoms with Gasteiger partial charge in [-0.15, -0.1) is 0 Å². The first-order valence-electron chi connectivity index (χ1n) is 8.19. The first-order valence-corrected chi connectivity index (χ1v) is 8.19. The SMILES string of the molecule is CNCCC=C1C=C2Cc3ccccc3C3CC3C2=CC1. The van der Waals surface area contributed by atoms with Crippen LogP contribution >= 0.6 is 0 Å². The Morgan fingerprint density at radius 1 is 1.24 bits per heavy atom. The minimum Gasteiger partial charge on any atom is -0.319 e. The molecule has 0 spiro atoms. The van der Waals surface area contributed by atoms with E-state index in [0.717, 1.165) is 37.6 Å². The van der Waals surface area contributed by atoms with Crippen molar-refractivity contribution in [3.8, 4) is 0 Å². The predicted molar refractivity (Wildman–Crippen MR) is 88.4 cm³/mol. The lowest BCUT2D eigenvalue weighted by Crippen LogP contribution is -2.06. The zero-order valence-electron chi connectivity index (χ0n) is 12.7. The molecule has 2 atom stereocenters. The van der Waals surface area contributed by atoms with Crippen LogP contribution in [-0.4, -0.2) is 13.6 Å². The van der Waals surface area contributed by atoms with Crippen molar-refractivity contribution < 1.29 is 0 Å². The van der Waals surface area contributed by atoms with Crippen molar-refractivity contribution in [2.75, 3.05) is 13.6 Å². The molecule has 0 aromatic heterocycles. The van der Waals surface area contributed by atoms with Gasteiger partial charge in [-0.05, 0) is 79.0 Å². The molecule has 0 amide bonds. The molecular formula is C20H23N. The maximum absolute atomic E-state index is 3.22. The number of allylic oxidation sites excluding steroid dienone is 5. The van der Waals surface area contributed by atoms with Crippen LogP contribution in [0.5, 0.6) is 0 Å². The van der Waals surface area contributed by atoms with Crippen molar-refractivity contribution >= 4 is 0 Å². The smallest absolute Gasteiger partial charge is 0.00171 e. The van der Waals surface area contributed by atoms with Crippen molar-refractivity contribution in [3.63, 3.8) is 0 Å². The summed E-state index contributed by atoms with van der Waals surface area (Å²) >= 11 is 0. The second-order valence-corrected chi connectivity index (χ2v) is 6.53. The van der Waals surface area contributed by atoms with E-state index in [1.54, 1.807) is 22.3 Å². The highest BCUT2D eigenvalue weighted by atomic mass is 14.8. The Morgan fingerprint density at radius 2 is 2.14 bits per heavy atom. The monoisotopic (exact) mass is 277 g/mol. The van der Waals surface area contributed by atoms with E-state index in [0.29, 0.717) is 0 Å². The summed E-state index contributed by atoms with van der Waals surface area (Å²) in [4.78, 5) is 0. The van der Waals surface area contributed by atoms with Gasteiger partial charge in [-0.3, -0.25) is 0 Å². The molecule has 1 fully saturated rings. The number of fused-ring (bicyclic) bond motifs is 5. The fourth-order valence-electron chi connectivity index (χ4n) is 3.96. The highest BCUT2D eigenvalue weighted by molar-refractivity contribution is 5.55. The normalized spacial score (nSPS) is 28.0. The van der Waals surface area contributed by atoms with Crippen LogP contribution in [-0.2, 0) is 6.42 Å². The third-order valence-electron chi connectivity index (χ3n) is 5.11. The summed E-state index contributed by atoms with van der Waals surface area (Å²) in [6, 6.07) is 9.07. The quantitative estimate of drug-likeness (QED) is 0.819. The summed E-state index contributed by atoms with van der Waals surface area (Å²) in [5, 5.41) is 3.22. The lowest BCUT2D eigenvalue weighted by atomic mass is 9.88. The van der Waals surface area contributed by atoms with Gasteiger partial charge in [-0.1, -0.05) is 42.5 Å². The van der Waals surface area contributed by atoms with Gasteiger partial charge in [0.15, 0.2) is 0 Å². The van der Waals surface area contributed by atoms with E-state index < -0.39 is 0 Å². The summed E-state index contributed by atoms with van der Waals surface area (Å²) in [6.45, 7) is 1.07. The van der Waals surface area contributed by atoms with Gasteiger partial charge in [0.2, 0.25) is 0 Å². The molecule has 0 bridgehead atoms. The van der Waals surface area contributed by atoms with Crippen LogP contribution in [0.25, 0.3) is 0 Å². The summed E-state index contributed by atoms with van der Waals surface area (Å²) < 4.78 is 0. The molecule has 0 saturated heterocycles. The van der Waals surface area contributed by atoms with Crippen LogP contribution in [0.2, 0.25) is 0 Å². The summed E-state index contributed by atoms with van der Waals surface area (Å²) in [7, 11) is 2.02. The number of nitrogens with one attached hydrogen (secondary N) is 1. The molecule has 1 saturated carbocycles. The maximum Gasteiger partial charge on any atom is -0.00171 e. The fourth-order valence-corrected chi connectivity index (χ4v) is 3.96. The molecule has 3 aliphatic carbocycles. The van der Waals surface area contributed by atoms with Gasteiger partial charge in [0.05, 0.1) is 0 Å².